The molecule has 2 aliphatic heterocycles. The second kappa shape index (κ2) is 5.86. The molecule has 8 heteroatoms. The first kappa shape index (κ1) is 17.4. The van der Waals surface area contributed by atoms with Crippen LogP contribution in [-0.4, -0.2) is 59.8 Å². The molecule has 3 aliphatic rings. The van der Waals surface area contributed by atoms with Crippen molar-refractivity contribution < 1.29 is 28.3 Å². The van der Waals surface area contributed by atoms with Crippen molar-refractivity contribution in [1.82, 2.24) is 4.90 Å². The number of aliphatic hydroxyl groups excluding tert-OH is 1. The van der Waals surface area contributed by atoms with Gasteiger partial charge >= 0.3 is 13.2 Å². The van der Waals surface area contributed by atoms with E-state index in [2.05, 4.69) is 0 Å². The van der Waals surface area contributed by atoms with Crippen LogP contribution in [0.25, 0.3) is 0 Å². The highest BCUT2D eigenvalue weighted by molar-refractivity contribution is 6.55. The monoisotopic (exact) mass is 339 g/mol. The number of hydrogen-bond acceptors (Lipinski definition) is 5. The molecular weight excluding hydrogens is 316 g/mol. The van der Waals surface area contributed by atoms with Gasteiger partial charge in [-0.25, -0.2) is 9.18 Å². The van der Waals surface area contributed by atoms with Crippen molar-refractivity contribution in [3.8, 4) is 0 Å². The Kier molecular flexibility index (Phi) is 4.26. The average molecular weight is 339 g/mol. The summed E-state index contributed by atoms with van der Waals surface area (Å²) in [6.45, 7) is 7.65. The lowest BCUT2D eigenvalue weighted by atomic mass is 9.72. The standard InChI is InChI=1S/C16H23BFNO5/c1-15(2)16(3,4)24-17(23-15)12-6-5-10(7-13(12)18)19-8-11(9-20)22-14(19)21/h5-6,11,13,20H,7-9H2,1-4H3. The highest BCUT2D eigenvalue weighted by Gasteiger charge is 2.53. The number of ether oxygens (including phenoxy) is 1. The molecule has 1 amide bonds. The summed E-state index contributed by atoms with van der Waals surface area (Å²) >= 11 is 0. The van der Waals surface area contributed by atoms with Crippen molar-refractivity contribution in [3.05, 3.63) is 23.3 Å². The van der Waals surface area contributed by atoms with Gasteiger partial charge in [0, 0.05) is 12.1 Å². The molecule has 2 heterocycles. The second-order valence-electron chi connectivity index (χ2n) is 7.38. The Morgan fingerprint density at radius 2 is 1.92 bits per heavy atom. The first-order chi connectivity index (χ1) is 11.1. The normalized spacial score (nSPS) is 31.8. The molecule has 2 fully saturated rings. The summed E-state index contributed by atoms with van der Waals surface area (Å²) in [4.78, 5) is 13.2. The summed E-state index contributed by atoms with van der Waals surface area (Å²) < 4.78 is 31.5. The lowest BCUT2D eigenvalue weighted by Gasteiger charge is -2.32. The minimum Gasteiger partial charge on any atom is -0.441 e. The number of amides is 1. The van der Waals surface area contributed by atoms with Crippen LogP contribution in [0.2, 0.25) is 0 Å². The van der Waals surface area contributed by atoms with Crippen molar-refractivity contribution >= 4 is 13.2 Å². The molecule has 0 aromatic rings. The van der Waals surface area contributed by atoms with Crippen LogP contribution in [0.3, 0.4) is 0 Å². The predicted molar refractivity (Wildman–Crippen MR) is 85.8 cm³/mol. The van der Waals surface area contributed by atoms with Gasteiger partial charge < -0.3 is 19.2 Å². The lowest BCUT2D eigenvalue weighted by molar-refractivity contribution is 0.00578. The van der Waals surface area contributed by atoms with Crippen LogP contribution in [-0.2, 0) is 14.0 Å². The van der Waals surface area contributed by atoms with Crippen LogP contribution in [0.1, 0.15) is 34.1 Å². The first-order valence-corrected chi connectivity index (χ1v) is 8.14. The van der Waals surface area contributed by atoms with Gasteiger partial charge in [-0.15, -0.1) is 0 Å². The van der Waals surface area contributed by atoms with E-state index in [1.54, 1.807) is 12.2 Å². The summed E-state index contributed by atoms with van der Waals surface area (Å²) in [5.74, 6) is 0. The van der Waals surface area contributed by atoms with E-state index in [9.17, 15) is 9.18 Å². The van der Waals surface area contributed by atoms with E-state index in [1.807, 2.05) is 27.7 Å². The number of nitrogens with zero attached hydrogens (tertiary/aromatic N) is 1. The maximum Gasteiger partial charge on any atom is 0.493 e. The van der Waals surface area contributed by atoms with Crippen LogP contribution in [0.5, 0.6) is 0 Å². The van der Waals surface area contributed by atoms with Gasteiger partial charge in [-0.05, 0) is 39.2 Å². The number of rotatable bonds is 3. The van der Waals surface area contributed by atoms with Gasteiger partial charge in [0.2, 0.25) is 0 Å². The van der Waals surface area contributed by atoms with E-state index in [0.717, 1.165) is 0 Å². The molecule has 2 atom stereocenters. The zero-order valence-corrected chi connectivity index (χ0v) is 14.4. The third-order valence-corrected chi connectivity index (χ3v) is 5.17. The smallest absolute Gasteiger partial charge is 0.441 e. The van der Waals surface area contributed by atoms with Gasteiger partial charge in [-0.1, -0.05) is 6.08 Å². The molecule has 132 valence electrons. The quantitative estimate of drug-likeness (QED) is 0.797. The fourth-order valence-corrected chi connectivity index (χ4v) is 2.92. The van der Waals surface area contributed by atoms with Crippen LogP contribution in [0.4, 0.5) is 9.18 Å². The molecule has 0 radical (unpaired) electrons. The Hall–Kier alpha value is -1.38. The summed E-state index contributed by atoms with van der Waals surface area (Å²) in [5, 5.41) is 9.09. The fourth-order valence-electron chi connectivity index (χ4n) is 2.92. The van der Waals surface area contributed by atoms with Crippen LogP contribution in [0, 0.1) is 0 Å². The molecule has 0 aromatic heterocycles. The van der Waals surface area contributed by atoms with E-state index in [4.69, 9.17) is 19.2 Å². The van der Waals surface area contributed by atoms with Gasteiger partial charge in [0.1, 0.15) is 12.3 Å². The number of carbonyl (C=O) groups excluding carboxylic acids is 1. The zero-order chi connectivity index (χ0) is 17.7. The van der Waals surface area contributed by atoms with Gasteiger partial charge in [-0.2, -0.15) is 0 Å². The number of allylic oxidation sites excluding steroid dienone is 4. The Labute approximate surface area is 141 Å². The molecule has 2 unspecified atom stereocenters. The van der Waals surface area contributed by atoms with Crippen LogP contribution < -0.4 is 0 Å². The number of cyclic esters (lactones) is 1. The van der Waals surface area contributed by atoms with Gasteiger partial charge in [0.05, 0.1) is 24.4 Å². The predicted octanol–water partition coefficient (Wildman–Crippen LogP) is 1.98. The fraction of sp³-hybridized carbons (Fsp3) is 0.688. The van der Waals surface area contributed by atoms with Crippen LogP contribution >= 0.6 is 0 Å². The third-order valence-electron chi connectivity index (χ3n) is 5.17. The maximum absolute atomic E-state index is 14.7. The van der Waals surface area contributed by atoms with Crippen molar-refractivity contribution in [1.29, 1.82) is 0 Å². The highest BCUT2D eigenvalue weighted by atomic mass is 19.1. The van der Waals surface area contributed by atoms with E-state index in [1.165, 1.54) is 4.90 Å². The molecule has 3 rings (SSSR count). The molecule has 24 heavy (non-hydrogen) atoms. The Balaban J connectivity index is 1.77. The van der Waals surface area contributed by atoms with Crippen LogP contribution in [0.15, 0.2) is 23.3 Å². The zero-order valence-electron chi connectivity index (χ0n) is 14.4. The average Bonchev–Trinajstić information content (AvgIpc) is 2.96. The minimum absolute atomic E-state index is 0.0448. The maximum atomic E-state index is 14.7. The number of aliphatic hydroxyl groups is 1. The third kappa shape index (κ3) is 2.87. The summed E-state index contributed by atoms with van der Waals surface area (Å²) in [6, 6.07) is 0. The second-order valence-corrected chi connectivity index (χ2v) is 7.38. The molecule has 0 aromatic carbocycles. The van der Waals surface area contributed by atoms with Gasteiger partial charge in [0.15, 0.2) is 0 Å². The Bertz CT molecular complexity index is 587. The SMILES string of the molecule is CC1(C)OB(C2=CC=C(N3CC(CO)OC3=O)CC2F)OC1(C)C. The van der Waals surface area contributed by atoms with E-state index >= 15 is 0 Å². The molecule has 1 aliphatic carbocycles. The van der Waals surface area contributed by atoms with Crippen molar-refractivity contribution in [2.24, 2.45) is 0 Å². The molecule has 6 nitrogen and oxygen atoms in total. The summed E-state index contributed by atoms with van der Waals surface area (Å²) in [6.07, 6.45) is 0.928. The topological polar surface area (TPSA) is 68.2 Å². The van der Waals surface area contributed by atoms with E-state index in [0.29, 0.717) is 11.2 Å². The number of halogens is 1. The van der Waals surface area contributed by atoms with Gasteiger partial charge in [-0.3, -0.25) is 4.90 Å². The van der Waals surface area contributed by atoms with Crippen molar-refractivity contribution in [2.75, 3.05) is 13.2 Å². The molecule has 0 spiro atoms. The molecule has 0 bridgehead atoms. The minimum atomic E-state index is -1.30. The molecule has 0 saturated carbocycles. The van der Waals surface area contributed by atoms with Gasteiger partial charge in [0.25, 0.3) is 0 Å². The number of alkyl halides is 1. The number of hydrogen-bond donors (Lipinski definition) is 1. The summed E-state index contributed by atoms with van der Waals surface area (Å²) in [5.41, 5.74) is -0.114. The Morgan fingerprint density at radius 1 is 1.29 bits per heavy atom. The highest BCUT2D eigenvalue weighted by Crippen LogP contribution is 2.41. The molecular formula is C16H23BFNO5. The van der Waals surface area contributed by atoms with E-state index < -0.39 is 36.7 Å². The first-order valence-electron chi connectivity index (χ1n) is 8.14. The van der Waals surface area contributed by atoms with E-state index in [-0.39, 0.29) is 19.6 Å². The molecule has 1 N–H and O–H groups in total. The lowest BCUT2D eigenvalue weighted by Crippen LogP contribution is -2.41. The van der Waals surface area contributed by atoms with Crippen molar-refractivity contribution in [3.63, 3.8) is 0 Å². The Morgan fingerprint density at radius 3 is 2.42 bits per heavy atom. The molecule has 2 saturated heterocycles. The largest absolute Gasteiger partial charge is 0.493 e. The number of carbonyl (C=O) groups is 1. The summed E-state index contributed by atoms with van der Waals surface area (Å²) in [7, 11) is -0.737. The van der Waals surface area contributed by atoms with Crippen molar-refractivity contribution in [2.45, 2.75) is 57.6 Å².